The van der Waals surface area contributed by atoms with Gasteiger partial charge in [-0.05, 0) is 49.4 Å². The van der Waals surface area contributed by atoms with Crippen LogP contribution in [-0.2, 0) is 26.2 Å². The number of carbonyl (C=O) groups excluding carboxylic acids is 2. The van der Waals surface area contributed by atoms with Crippen molar-refractivity contribution in [2.75, 3.05) is 26.2 Å². The van der Waals surface area contributed by atoms with E-state index in [4.69, 9.17) is 9.15 Å². The zero-order valence-electron chi connectivity index (χ0n) is 26.5. The fourth-order valence-corrected chi connectivity index (χ4v) is 7.07. The van der Waals surface area contributed by atoms with Crippen molar-refractivity contribution in [3.05, 3.63) is 72.5 Å². The van der Waals surface area contributed by atoms with Crippen molar-refractivity contribution < 1.29 is 27.2 Å². The molecule has 0 unspecified atom stereocenters. The third kappa shape index (κ3) is 7.83. The fraction of sp³-hybridized carbons (Fsp3) is 0.394. The summed E-state index contributed by atoms with van der Waals surface area (Å²) in [6.45, 7) is 7.85. The predicted molar refractivity (Wildman–Crippen MR) is 172 cm³/mol. The zero-order valence-corrected chi connectivity index (χ0v) is 27.3. The van der Waals surface area contributed by atoms with Crippen LogP contribution in [0.15, 0.2) is 70.4 Å². The van der Waals surface area contributed by atoms with Gasteiger partial charge in [0.15, 0.2) is 11.7 Å². The maximum absolute atomic E-state index is 14.2. The highest BCUT2D eigenvalue weighted by Gasteiger charge is 2.30. The van der Waals surface area contributed by atoms with Crippen LogP contribution in [0.25, 0.3) is 22.7 Å². The first-order valence-electron chi connectivity index (χ1n) is 15.4. The zero-order chi connectivity index (χ0) is 32.8. The minimum absolute atomic E-state index is 0.00593. The molecule has 0 aliphatic carbocycles. The van der Waals surface area contributed by atoms with Gasteiger partial charge in [-0.1, -0.05) is 38.1 Å². The molecule has 2 amide bonds. The first-order valence-corrected chi connectivity index (χ1v) is 16.8. The predicted octanol–water partition coefficient (Wildman–Crippen LogP) is 3.94. The van der Waals surface area contributed by atoms with Crippen molar-refractivity contribution in [2.45, 2.75) is 58.0 Å². The van der Waals surface area contributed by atoms with Gasteiger partial charge in [0.05, 0.1) is 24.2 Å². The lowest BCUT2D eigenvalue weighted by Gasteiger charge is -2.25. The minimum atomic E-state index is -4.17. The molecule has 244 valence electrons. The second-order valence-corrected chi connectivity index (χ2v) is 13.7. The van der Waals surface area contributed by atoms with E-state index >= 15 is 0 Å². The third-order valence-electron chi connectivity index (χ3n) is 7.67. The lowest BCUT2D eigenvalue weighted by Crippen LogP contribution is -2.51. The lowest BCUT2D eigenvalue weighted by atomic mass is 10.0. The number of nitrogens with zero attached hydrogens (tertiary/aromatic N) is 4. The summed E-state index contributed by atoms with van der Waals surface area (Å²) in [7, 11) is -4.17. The molecule has 1 aliphatic rings. The number of imidazole rings is 1. The standard InChI is InChI=1S/C33H40N6O6S/c1-22(2)17-28-33(41)35-12-15-38-14-11-34-32(38)26-7-5-8-27(18-26)44-16-6-13-39(21-31(40)37-28)46(42,43)30-19-25(10-9-23(30)3)29-20-36-24(4)45-29/h5,7-11,14,18-20,22,28H,6,12-13,15-17,21H2,1-4H3,(H,35,41)(H,37,40)/t28-/m1/s1. The van der Waals surface area contributed by atoms with Gasteiger partial charge in [0.1, 0.15) is 17.6 Å². The Hall–Kier alpha value is -4.49. The van der Waals surface area contributed by atoms with Crippen molar-refractivity contribution >= 4 is 21.8 Å². The van der Waals surface area contributed by atoms with Crippen LogP contribution in [0.5, 0.6) is 5.75 Å². The Kier molecular flexibility index (Phi) is 10.2. The number of aryl methyl sites for hydroxylation is 2. The van der Waals surface area contributed by atoms with Crippen LogP contribution in [0.1, 0.15) is 38.1 Å². The van der Waals surface area contributed by atoms with Gasteiger partial charge in [0.2, 0.25) is 21.8 Å². The molecule has 2 aromatic heterocycles. The Morgan fingerprint density at radius 1 is 1.04 bits per heavy atom. The summed E-state index contributed by atoms with van der Waals surface area (Å²) in [5.41, 5.74) is 1.91. The first kappa shape index (κ1) is 32.9. The van der Waals surface area contributed by atoms with Crippen molar-refractivity contribution in [1.82, 2.24) is 29.5 Å². The number of hydrogen-bond donors (Lipinski definition) is 2. The average Bonchev–Trinajstić information content (AvgIpc) is 3.67. The number of sulfonamides is 1. The van der Waals surface area contributed by atoms with Gasteiger partial charge in [-0.3, -0.25) is 9.59 Å². The molecular formula is C33H40N6O6S. The van der Waals surface area contributed by atoms with E-state index in [9.17, 15) is 18.0 Å². The van der Waals surface area contributed by atoms with E-state index in [1.807, 2.05) is 48.9 Å². The molecule has 3 heterocycles. The van der Waals surface area contributed by atoms with Gasteiger partial charge >= 0.3 is 0 Å². The second kappa shape index (κ2) is 14.3. The number of carbonyl (C=O) groups is 2. The molecule has 2 bridgehead atoms. The quantitative estimate of drug-likeness (QED) is 0.331. The summed E-state index contributed by atoms with van der Waals surface area (Å²) >= 11 is 0. The van der Waals surface area contributed by atoms with Gasteiger partial charge in [0.25, 0.3) is 0 Å². The Morgan fingerprint density at radius 3 is 2.63 bits per heavy atom. The lowest BCUT2D eigenvalue weighted by molar-refractivity contribution is -0.129. The monoisotopic (exact) mass is 648 g/mol. The van der Waals surface area contributed by atoms with Gasteiger partial charge in [-0.25, -0.2) is 18.4 Å². The number of aromatic nitrogens is 3. The Bertz CT molecular complexity index is 1800. The van der Waals surface area contributed by atoms with Gasteiger partial charge in [-0.15, -0.1) is 0 Å². The van der Waals surface area contributed by atoms with E-state index in [0.29, 0.717) is 54.5 Å². The van der Waals surface area contributed by atoms with Gasteiger partial charge < -0.3 is 24.4 Å². The molecule has 0 spiro atoms. The van der Waals surface area contributed by atoms with E-state index in [-0.39, 0.29) is 29.9 Å². The molecule has 0 saturated heterocycles. The van der Waals surface area contributed by atoms with Crippen LogP contribution in [0.3, 0.4) is 0 Å². The van der Waals surface area contributed by atoms with Crippen molar-refractivity contribution in [2.24, 2.45) is 5.92 Å². The van der Waals surface area contributed by atoms with E-state index < -0.39 is 28.5 Å². The molecule has 46 heavy (non-hydrogen) atoms. The number of benzene rings is 2. The van der Waals surface area contributed by atoms with E-state index in [1.165, 1.54) is 6.07 Å². The van der Waals surface area contributed by atoms with E-state index in [1.54, 1.807) is 38.4 Å². The largest absolute Gasteiger partial charge is 0.494 e. The normalized spacial score (nSPS) is 17.4. The molecule has 2 N–H and O–H groups in total. The molecular weight excluding hydrogens is 608 g/mol. The third-order valence-corrected chi connectivity index (χ3v) is 9.66. The topological polar surface area (TPSA) is 149 Å². The van der Waals surface area contributed by atoms with Crippen LogP contribution < -0.4 is 15.4 Å². The van der Waals surface area contributed by atoms with Crippen molar-refractivity contribution in [3.63, 3.8) is 0 Å². The summed E-state index contributed by atoms with van der Waals surface area (Å²) in [5, 5.41) is 5.72. The van der Waals surface area contributed by atoms with Crippen LogP contribution in [0, 0.1) is 19.8 Å². The summed E-state index contributed by atoms with van der Waals surface area (Å²) < 4.78 is 43.1. The SMILES string of the molecule is Cc1ncc(-c2ccc(C)c(S(=O)(=O)N3CCCOc4cccc(c4)-c4nccn4CCNC(=O)[C@@H](CC(C)C)NC(=O)C3)c2)o1. The maximum Gasteiger partial charge on any atom is 0.243 e. The number of amides is 2. The molecule has 0 saturated carbocycles. The molecule has 0 fully saturated rings. The van der Waals surface area contributed by atoms with Crippen LogP contribution in [0.2, 0.25) is 0 Å². The minimum Gasteiger partial charge on any atom is -0.494 e. The molecule has 5 rings (SSSR count). The summed E-state index contributed by atoms with van der Waals surface area (Å²) in [6.07, 6.45) is 5.79. The van der Waals surface area contributed by atoms with Crippen LogP contribution in [-0.4, -0.2) is 71.4 Å². The molecule has 12 nitrogen and oxygen atoms in total. The summed E-state index contributed by atoms with van der Waals surface area (Å²) in [6, 6.07) is 11.7. The molecule has 4 aromatic rings. The van der Waals surface area contributed by atoms with Crippen molar-refractivity contribution in [1.29, 1.82) is 0 Å². The maximum atomic E-state index is 14.2. The van der Waals surface area contributed by atoms with E-state index in [0.717, 1.165) is 15.7 Å². The molecule has 1 atom stereocenters. The number of oxazole rings is 1. The highest BCUT2D eigenvalue weighted by atomic mass is 32.2. The van der Waals surface area contributed by atoms with Crippen LogP contribution >= 0.6 is 0 Å². The van der Waals surface area contributed by atoms with Crippen LogP contribution in [0.4, 0.5) is 0 Å². The number of ether oxygens (including phenoxy) is 1. The summed E-state index contributed by atoms with van der Waals surface area (Å²) in [4.78, 5) is 35.4. The molecule has 13 heteroatoms. The number of rotatable bonds is 5. The highest BCUT2D eigenvalue weighted by molar-refractivity contribution is 7.89. The number of hydrogen-bond acceptors (Lipinski definition) is 8. The van der Waals surface area contributed by atoms with Gasteiger partial charge in [-0.2, -0.15) is 4.31 Å². The smallest absolute Gasteiger partial charge is 0.243 e. The number of fused-ring (bicyclic) bond motifs is 4. The first-order chi connectivity index (χ1) is 22.0. The Balaban J connectivity index is 1.46. The molecule has 1 aliphatic heterocycles. The number of nitrogens with one attached hydrogen (secondary N) is 2. The Labute approximate surface area is 269 Å². The summed E-state index contributed by atoms with van der Waals surface area (Å²) in [5.74, 6) is 1.42. The highest BCUT2D eigenvalue weighted by Crippen LogP contribution is 2.28. The average molecular weight is 649 g/mol. The van der Waals surface area contributed by atoms with Crippen molar-refractivity contribution in [3.8, 4) is 28.5 Å². The van der Waals surface area contributed by atoms with Gasteiger partial charge in [0, 0.05) is 50.1 Å². The Morgan fingerprint density at radius 2 is 1.87 bits per heavy atom. The second-order valence-electron chi connectivity index (χ2n) is 11.8. The van der Waals surface area contributed by atoms with E-state index in [2.05, 4.69) is 20.6 Å². The molecule has 0 radical (unpaired) electrons. The fourth-order valence-electron chi connectivity index (χ4n) is 5.38. The molecule has 2 aromatic carbocycles.